The highest BCUT2D eigenvalue weighted by atomic mass is 35.5. The molecule has 1 unspecified atom stereocenters. The summed E-state index contributed by atoms with van der Waals surface area (Å²) in [6.07, 6.45) is 2.93. The van der Waals surface area contributed by atoms with Gasteiger partial charge in [0.2, 0.25) is 5.43 Å². The van der Waals surface area contributed by atoms with E-state index >= 15 is 4.39 Å². The van der Waals surface area contributed by atoms with E-state index in [1.54, 1.807) is 28.3 Å². The van der Waals surface area contributed by atoms with Gasteiger partial charge in [0.05, 0.1) is 30.3 Å². The molecule has 0 spiro atoms. The Balaban J connectivity index is 1.94. The van der Waals surface area contributed by atoms with Crippen LogP contribution in [0.1, 0.15) is 41.4 Å². The molecule has 0 saturated carbocycles. The Kier molecular flexibility index (Phi) is 7.44. The van der Waals surface area contributed by atoms with E-state index in [2.05, 4.69) is 4.98 Å². The monoisotopic (exact) mass is 530 g/mol. The number of aliphatic hydroxyl groups excluding tert-OH is 1. The molecule has 7 nitrogen and oxygen atoms in total. The lowest BCUT2D eigenvalue weighted by molar-refractivity contribution is 0.0694. The Bertz CT molecular complexity index is 1500. The van der Waals surface area contributed by atoms with Crippen LogP contribution in [0.3, 0.4) is 0 Å². The van der Waals surface area contributed by atoms with Gasteiger partial charge in [-0.15, -0.1) is 11.3 Å². The van der Waals surface area contributed by atoms with E-state index in [0.29, 0.717) is 27.4 Å². The third kappa shape index (κ3) is 4.74. The van der Waals surface area contributed by atoms with Crippen LogP contribution in [0.4, 0.5) is 4.39 Å². The molecule has 2 heterocycles. The number of methoxy groups -OCH3 is 1. The average molecular weight is 531 g/mol. The van der Waals surface area contributed by atoms with Crippen LogP contribution in [0.2, 0.25) is 5.02 Å². The number of aliphatic hydroxyl groups is 1. The second-order valence-electron chi connectivity index (χ2n) is 8.70. The standard InChI is InChI=1S/C26H24ClFN2O5S/c1-13(2)21(12-31)30-11-18(26(33)34)24(32)17-8-14(22(35-3)10-20(17)30)6-15-7-16(9-19(27)23(15)28)25-29-4-5-36-25/h4-5,7-11,13,21,31H,6,12H2,1-3H3,(H,33,34). The third-order valence-corrected chi connectivity index (χ3v) is 7.24. The molecule has 4 rings (SSSR count). The summed E-state index contributed by atoms with van der Waals surface area (Å²) in [5, 5.41) is 22.2. The van der Waals surface area contributed by atoms with E-state index < -0.39 is 28.8 Å². The van der Waals surface area contributed by atoms with Gasteiger partial charge in [-0.05, 0) is 35.2 Å². The molecule has 0 bridgehead atoms. The molecule has 0 amide bonds. The highest BCUT2D eigenvalue weighted by Gasteiger charge is 2.23. The van der Waals surface area contributed by atoms with E-state index in [1.165, 1.54) is 36.8 Å². The number of carboxylic acid groups (broad SMARTS) is 1. The lowest BCUT2D eigenvalue weighted by Crippen LogP contribution is -2.25. The summed E-state index contributed by atoms with van der Waals surface area (Å²) in [6.45, 7) is 3.52. The molecule has 2 N–H and O–H groups in total. The van der Waals surface area contributed by atoms with Crippen molar-refractivity contribution in [2.45, 2.75) is 26.3 Å². The third-order valence-electron chi connectivity index (χ3n) is 6.14. The number of pyridine rings is 1. The predicted octanol–water partition coefficient (Wildman–Crippen LogP) is 5.40. The molecule has 0 aliphatic carbocycles. The topological polar surface area (TPSA) is 102 Å². The first-order chi connectivity index (χ1) is 17.2. The molecule has 36 heavy (non-hydrogen) atoms. The Labute approximate surface area is 215 Å². The van der Waals surface area contributed by atoms with Gasteiger partial charge in [-0.2, -0.15) is 0 Å². The van der Waals surface area contributed by atoms with Crippen LogP contribution in [0.5, 0.6) is 5.75 Å². The van der Waals surface area contributed by atoms with Crippen LogP contribution in [0.15, 0.2) is 46.8 Å². The van der Waals surface area contributed by atoms with E-state index in [-0.39, 0.29) is 34.9 Å². The van der Waals surface area contributed by atoms with Gasteiger partial charge in [-0.3, -0.25) is 4.79 Å². The molecule has 10 heteroatoms. The van der Waals surface area contributed by atoms with E-state index in [4.69, 9.17) is 16.3 Å². The number of thiazole rings is 1. The molecule has 2 aromatic heterocycles. The Morgan fingerprint density at radius 1 is 1.25 bits per heavy atom. The van der Waals surface area contributed by atoms with Crippen molar-refractivity contribution in [3.05, 3.63) is 79.8 Å². The van der Waals surface area contributed by atoms with Crippen molar-refractivity contribution in [2.24, 2.45) is 5.92 Å². The Morgan fingerprint density at radius 2 is 2.00 bits per heavy atom. The fourth-order valence-electron chi connectivity index (χ4n) is 4.27. The number of nitrogens with zero attached hydrogens (tertiary/aromatic N) is 2. The number of rotatable bonds is 8. The number of carbonyl (C=O) groups is 1. The van der Waals surface area contributed by atoms with Crippen LogP contribution < -0.4 is 10.2 Å². The number of fused-ring (bicyclic) bond motifs is 1. The van der Waals surface area contributed by atoms with Gasteiger partial charge < -0.3 is 19.5 Å². The second kappa shape index (κ2) is 10.4. The molecule has 4 aromatic rings. The smallest absolute Gasteiger partial charge is 0.341 e. The SMILES string of the molecule is COc1cc2c(cc1Cc1cc(-c3nccs3)cc(Cl)c1F)c(=O)c(C(=O)O)cn2C(CO)C(C)C. The summed E-state index contributed by atoms with van der Waals surface area (Å²) >= 11 is 7.57. The van der Waals surface area contributed by atoms with Gasteiger partial charge in [0, 0.05) is 41.2 Å². The number of benzene rings is 2. The van der Waals surface area contributed by atoms with E-state index in [0.717, 1.165) is 0 Å². The molecule has 0 saturated heterocycles. The minimum Gasteiger partial charge on any atom is -0.496 e. The van der Waals surface area contributed by atoms with Crippen LogP contribution in [0.25, 0.3) is 21.5 Å². The minimum absolute atomic E-state index is 0.0359. The van der Waals surface area contributed by atoms with Crippen LogP contribution in [0, 0.1) is 11.7 Å². The zero-order valence-electron chi connectivity index (χ0n) is 19.8. The van der Waals surface area contributed by atoms with Crippen molar-refractivity contribution in [3.8, 4) is 16.3 Å². The van der Waals surface area contributed by atoms with Gasteiger partial charge in [-0.1, -0.05) is 25.4 Å². The first-order valence-electron chi connectivity index (χ1n) is 11.1. The number of aromatic nitrogens is 2. The first kappa shape index (κ1) is 25.8. The molecule has 0 radical (unpaired) electrons. The maximum atomic E-state index is 15.1. The van der Waals surface area contributed by atoms with Crippen LogP contribution in [-0.4, -0.2) is 39.5 Å². The van der Waals surface area contributed by atoms with E-state index in [9.17, 15) is 19.8 Å². The average Bonchev–Trinajstić information content (AvgIpc) is 3.38. The maximum Gasteiger partial charge on any atom is 0.341 e. The molecule has 0 aliphatic rings. The lowest BCUT2D eigenvalue weighted by atomic mass is 9.97. The van der Waals surface area contributed by atoms with Crippen molar-refractivity contribution >= 4 is 39.8 Å². The molecular formula is C26H24ClFN2O5S. The zero-order chi connectivity index (χ0) is 26.1. The zero-order valence-corrected chi connectivity index (χ0v) is 21.4. The number of carboxylic acids is 1. The van der Waals surface area contributed by atoms with Crippen molar-refractivity contribution in [3.63, 3.8) is 0 Å². The summed E-state index contributed by atoms with van der Waals surface area (Å²) in [6, 6.07) is 5.82. The van der Waals surface area contributed by atoms with Crippen molar-refractivity contribution in [1.29, 1.82) is 0 Å². The normalized spacial score (nSPS) is 12.3. The number of hydrogen-bond donors (Lipinski definition) is 2. The highest BCUT2D eigenvalue weighted by molar-refractivity contribution is 7.13. The van der Waals surface area contributed by atoms with Crippen LogP contribution >= 0.6 is 22.9 Å². The summed E-state index contributed by atoms with van der Waals surface area (Å²) in [4.78, 5) is 29.3. The molecule has 1 atom stereocenters. The molecule has 188 valence electrons. The van der Waals surface area contributed by atoms with E-state index in [1.807, 2.05) is 13.8 Å². The first-order valence-corrected chi connectivity index (χ1v) is 12.4. The quantitative estimate of drug-likeness (QED) is 0.316. The second-order valence-corrected chi connectivity index (χ2v) is 10.0. The Morgan fingerprint density at radius 3 is 2.58 bits per heavy atom. The number of hydrogen-bond acceptors (Lipinski definition) is 6. The van der Waals surface area contributed by atoms with Gasteiger partial charge in [-0.25, -0.2) is 14.2 Å². The largest absolute Gasteiger partial charge is 0.496 e. The molecule has 0 fully saturated rings. The maximum absolute atomic E-state index is 15.1. The Hall–Kier alpha value is -3.27. The number of halogens is 2. The fraction of sp³-hybridized carbons (Fsp3) is 0.269. The summed E-state index contributed by atoms with van der Waals surface area (Å²) in [5.41, 5.74) is 0.728. The number of aromatic carboxylic acids is 1. The minimum atomic E-state index is -1.37. The highest BCUT2D eigenvalue weighted by Crippen LogP contribution is 2.34. The van der Waals surface area contributed by atoms with Gasteiger partial charge >= 0.3 is 5.97 Å². The van der Waals surface area contributed by atoms with Crippen molar-refractivity contribution in [1.82, 2.24) is 9.55 Å². The van der Waals surface area contributed by atoms with Gasteiger partial charge in [0.15, 0.2) is 0 Å². The molecule has 2 aromatic carbocycles. The van der Waals surface area contributed by atoms with Crippen LogP contribution in [-0.2, 0) is 6.42 Å². The molecule has 0 aliphatic heterocycles. The summed E-state index contributed by atoms with van der Waals surface area (Å²) < 4.78 is 22.2. The summed E-state index contributed by atoms with van der Waals surface area (Å²) in [7, 11) is 1.46. The van der Waals surface area contributed by atoms with Crippen molar-refractivity contribution < 1.29 is 24.1 Å². The predicted molar refractivity (Wildman–Crippen MR) is 138 cm³/mol. The lowest BCUT2D eigenvalue weighted by Gasteiger charge is -2.25. The van der Waals surface area contributed by atoms with Gasteiger partial charge in [0.1, 0.15) is 22.1 Å². The number of ether oxygens (including phenoxy) is 1. The van der Waals surface area contributed by atoms with Crippen molar-refractivity contribution in [2.75, 3.05) is 13.7 Å². The molecular weight excluding hydrogens is 507 g/mol. The fourth-order valence-corrected chi connectivity index (χ4v) is 5.13. The van der Waals surface area contributed by atoms with Gasteiger partial charge in [0.25, 0.3) is 0 Å². The summed E-state index contributed by atoms with van der Waals surface area (Å²) in [5.74, 6) is -1.65.